The van der Waals surface area contributed by atoms with Crippen molar-refractivity contribution in [3.05, 3.63) is 53.9 Å². The van der Waals surface area contributed by atoms with Crippen LogP contribution in [0.2, 0.25) is 0 Å². The van der Waals surface area contributed by atoms with Gasteiger partial charge in [-0.2, -0.15) is 4.39 Å². The van der Waals surface area contributed by atoms with Gasteiger partial charge in [-0.05, 0) is 23.8 Å². The summed E-state index contributed by atoms with van der Waals surface area (Å²) in [6, 6.07) is 7.34. The van der Waals surface area contributed by atoms with E-state index in [0.717, 1.165) is 0 Å². The van der Waals surface area contributed by atoms with E-state index >= 15 is 0 Å². The topological polar surface area (TPSA) is 12.9 Å². The Bertz CT molecular complexity index is 497. The van der Waals surface area contributed by atoms with E-state index in [2.05, 4.69) is 4.98 Å². The van der Waals surface area contributed by atoms with Crippen molar-refractivity contribution in [1.82, 2.24) is 4.98 Å². The smallest absolute Gasteiger partial charge is 0.212 e. The van der Waals surface area contributed by atoms with Crippen molar-refractivity contribution in [3.8, 4) is 11.1 Å². The number of rotatable bonds is 2. The number of alkyl halides is 1. The lowest BCUT2D eigenvalue weighted by atomic mass is 10.0. The Hall–Kier alpha value is -1.48. The highest BCUT2D eigenvalue weighted by Crippen LogP contribution is 2.27. The number of benzene rings is 1. The predicted octanol–water partition coefficient (Wildman–Crippen LogP) is 3.77. The second-order valence-electron chi connectivity index (χ2n) is 3.28. The summed E-state index contributed by atoms with van der Waals surface area (Å²) in [7, 11) is 0. The third-order valence-corrected chi connectivity index (χ3v) is 2.55. The van der Waals surface area contributed by atoms with Crippen LogP contribution in [0.15, 0.2) is 36.5 Å². The van der Waals surface area contributed by atoms with Crippen molar-refractivity contribution in [2.75, 3.05) is 0 Å². The first-order chi connectivity index (χ1) is 7.72. The van der Waals surface area contributed by atoms with Gasteiger partial charge in [0.2, 0.25) is 5.95 Å². The zero-order valence-electron chi connectivity index (χ0n) is 8.25. The Morgan fingerprint density at radius 3 is 2.56 bits per heavy atom. The van der Waals surface area contributed by atoms with Gasteiger partial charge in [-0.1, -0.05) is 12.1 Å². The Morgan fingerprint density at radius 2 is 1.94 bits per heavy atom. The fourth-order valence-corrected chi connectivity index (χ4v) is 1.75. The minimum Gasteiger partial charge on any atom is -0.228 e. The lowest BCUT2D eigenvalue weighted by molar-refractivity contribution is 0.583. The standard InChI is InChI=1S/C12H8ClF2N/c13-6-8-2-1-3-10(14)12(8)9-4-5-11(15)16-7-9/h1-5,7H,6H2. The van der Waals surface area contributed by atoms with Crippen LogP contribution < -0.4 is 0 Å². The molecule has 0 saturated carbocycles. The Balaban J connectivity index is 2.58. The molecule has 0 amide bonds. The van der Waals surface area contributed by atoms with Crippen LogP contribution in [0.25, 0.3) is 11.1 Å². The molecule has 0 spiro atoms. The molecule has 1 nitrogen and oxygen atoms in total. The molecule has 1 aromatic heterocycles. The quantitative estimate of drug-likeness (QED) is 0.574. The number of halogens is 3. The number of pyridine rings is 1. The Morgan fingerprint density at radius 1 is 1.12 bits per heavy atom. The largest absolute Gasteiger partial charge is 0.228 e. The molecule has 2 rings (SSSR count). The minimum absolute atomic E-state index is 0.199. The van der Waals surface area contributed by atoms with Gasteiger partial charge in [-0.3, -0.25) is 0 Å². The third-order valence-electron chi connectivity index (χ3n) is 2.26. The molecule has 1 aromatic carbocycles. The molecule has 1 heterocycles. The van der Waals surface area contributed by atoms with E-state index < -0.39 is 5.95 Å². The number of hydrogen-bond acceptors (Lipinski definition) is 1. The van der Waals surface area contributed by atoms with Crippen molar-refractivity contribution >= 4 is 11.6 Å². The van der Waals surface area contributed by atoms with Crippen molar-refractivity contribution in [2.45, 2.75) is 5.88 Å². The molecule has 16 heavy (non-hydrogen) atoms. The van der Waals surface area contributed by atoms with Crippen molar-refractivity contribution in [2.24, 2.45) is 0 Å². The lowest BCUT2D eigenvalue weighted by Crippen LogP contribution is -1.92. The van der Waals surface area contributed by atoms with Gasteiger partial charge >= 0.3 is 0 Å². The molecular weight excluding hydrogens is 232 g/mol. The fraction of sp³-hybridized carbons (Fsp3) is 0.0833. The maximum Gasteiger partial charge on any atom is 0.212 e. The van der Waals surface area contributed by atoms with Gasteiger partial charge in [0.1, 0.15) is 5.82 Å². The highest BCUT2D eigenvalue weighted by molar-refractivity contribution is 6.17. The summed E-state index contributed by atoms with van der Waals surface area (Å²) in [6.45, 7) is 0. The molecule has 0 aliphatic carbocycles. The number of hydrogen-bond donors (Lipinski definition) is 0. The van der Waals surface area contributed by atoms with Crippen LogP contribution in [0.4, 0.5) is 8.78 Å². The highest BCUT2D eigenvalue weighted by atomic mass is 35.5. The summed E-state index contributed by atoms with van der Waals surface area (Å²) < 4.78 is 26.3. The van der Waals surface area contributed by atoms with Gasteiger partial charge in [0.05, 0.1) is 0 Å². The zero-order chi connectivity index (χ0) is 11.5. The molecule has 0 atom stereocenters. The number of aromatic nitrogens is 1. The molecule has 0 unspecified atom stereocenters. The van der Waals surface area contributed by atoms with Gasteiger partial charge in [0.15, 0.2) is 0 Å². The summed E-state index contributed by atoms with van der Waals surface area (Å²) in [5.74, 6) is -0.774. The minimum atomic E-state index is -0.590. The van der Waals surface area contributed by atoms with E-state index in [1.165, 1.54) is 24.4 Å². The molecule has 4 heteroatoms. The van der Waals surface area contributed by atoms with Crippen LogP contribution in [0.3, 0.4) is 0 Å². The van der Waals surface area contributed by atoms with Crippen LogP contribution in [0.5, 0.6) is 0 Å². The Labute approximate surface area is 96.7 Å². The SMILES string of the molecule is Fc1ccc(-c2c(F)cccc2CCl)cn1. The van der Waals surface area contributed by atoms with Gasteiger partial charge in [-0.15, -0.1) is 11.6 Å². The second-order valence-corrected chi connectivity index (χ2v) is 3.54. The first-order valence-electron chi connectivity index (χ1n) is 4.67. The monoisotopic (exact) mass is 239 g/mol. The predicted molar refractivity (Wildman–Crippen MR) is 59.1 cm³/mol. The van der Waals surface area contributed by atoms with E-state index in [0.29, 0.717) is 16.7 Å². The van der Waals surface area contributed by atoms with Gasteiger partial charge in [0, 0.05) is 23.2 Å². The molecule has 0 aliphatic heterocycles. The fourth-order valence-electron chi connectivity index (χ4n) is 1.53. The van der Waals surface area contributed by atoms with Crippen molar-refractivity contribution in [3.63, 3.8) is 0 Å². The normalized spacial score (nSPS) is 10.4. The molecule has 0 saturated heterocycles. The van der Waals surface area contributed by atoms with Crippen molar-refractivity contribution < 1.29 is 8.78 Å². The second kappa shape index (κ2) is 4.58. The summed E-state index contributed by atoms with van der Waals surface area (Å²) in [5, 5.41) is 0. The first-order valence-corrected chi connectivity index (χ1v) is 5.21. The summed E-state index contributed by atoms with van der Waals surface area (Å²) in [5.41, 5.74) is 1.57. The Kier molecular flexibility index (Phi) is 3.15. The molecule has 0 aliphatic rings. The van der Waals surface area contributed by atoms with E-state index in [1.807, 2.05) is 0 Å². The summed E-state index contributed by atoms with van der Waals surface area (Å²) in [6.07, 6.45) is 1.30. The van der Waals surface area contributed by atoms with E-state index in [1.54, 1.807) is 12.1 Å². The van der Waals surface area contributed by atoms with Gasteiger partial charge in [0.25, 0.3) is 0 Å². The molecule has 0 radical (unpaired) electrons. The van der Waals surface area contributed by atoms with Gasteiger partial charge < -0.3 is 0 Å². The van der Waals surface area contributed by atoms with Crippen LogP contribution in [-0.4, -0.2) is 4.98 Å². The third kappa shape index (κ3) is 2.04. The van der Waals surface area contributed by atoms with E-state index in [4.69, 9.17) is 11.6 Å². The van der Waals surface area contributed by atoms with E-state index in [-0.39, 0.29) is 11.7 Å². The van der Waals surface area contributed by atoms with E-state index in [9.17, 15) is 8.78 Å². The molecular formula is C12H8ClF2N. The molecule has 0 N–H and O–H groups in total. The number of nitrogens with zero attached hydrogens (tertiary/aromatic N) is 1. The molecule has 0 bridgehead atoms. The van der Waals surface area contributed by atoms with Crippen molar-refractivity contribution in [1.29, 1.82) is 0 Å². The maximum atomic E-state index is 13.6. The van der Waals surface area contributed by atoms with Crippen LogP contribution >= 0.6 is 11.6 Å². The summed E-state index contributed by atoms with van der Waals surface area (Å²) >= 11 is 5.72. The average Bonchev–Trinajstić information content (AvgIpc) is 2.30. The molecule has 82 valence electrons. The lowest BCUT2D eigenvalue weighted by Gasteiger charge is -2.07. The maximum absolute atomic E-state index is 13.6. The summed E-state index contributed by atoms with van der Waals surface area (Å²) in [4.78, 5) is 3.50. The van der Waals surface area contributed by atoms with Gasteiger partial charge in [-0.25, -0.2) is 9.37 Å². The first kappa shape index (κ1) is 11.0. The highest BCUT2D eigenvalue weighted by Gasteiger charge is 2.10. The molecule has 0 fully saturated rings. The van der Waals surface area contributed by atoms with Crippen LogP contribution in [-0.2, 0) is 5.88 Å². The molecule has 2 aromatic rings. The van der Waals surface area contributed by atoms with Crippen LogP contribution in [0.1, 0.15) is 5.56 Å². The average molecular weight is 240 g/mol. The zero-order valence-corrected chi connectivity index (χ0v) is 9.01. The van der Waals surface area contributed by atoms with Crippen LogP contribution in [0, 0.1) is 11.8 Å².